The molecule has 5 heteroatoms. The summed E-state index contributed by atoms with van der Waals surface area (Å²) in [6, 6.07) is 4.40. The van der Waals surface area contributed by atoms with Crippen molar-refractivity contribution in [1.29, 1.82) is 0 Å². The van der Waals surface area contributed by atoms with Crippen LogP contribution in [0.15, 0.2) is 18.2 Å². The molecule has 0 saturated heterocycles. The lowest BCUT2D eigenvalue weighted by atomic mass is 9.98. The number of carbonyl (C=O) groups excluding carboxylic acids is 1. The van der Waals surface area contributed by atoms with Crippen LogP contribution in [0.2, 0.25) is 5.02 Å². The molecule has 1 atom stereocenters. The van der Waals surface area contributed by atoms with Crippen LogP contribution in [0.1, 0.15) is 36.0 Å². The van der Waals surface area contributed by atoms with Crippen LogP contribution in [-0.4, -0.2) is 23.6 Å². The van der Waals surface area contributed by atoms with E-state index in [-0.39, 0.29) is 23.3 Å². The van der Waals surface area contributed by atoms with Gasteiger partial charge in [-0.25, -0.2) is 0 Å². The molecule has 1 saturated carbocycles. The Morgan fingerprint density at radius 1 is 1.47 bits per heavy atom. The number of nitrogens with two attached hydrogens (primary N) is 1. The minimum atomic E-state index is -0.317. The third-order valence-electron chi connectivity index (χ3n) is 3.74. The van der Waals surface area contributed by atoms with Crippen LogP contribution in [0.4, 0.5) is 0 Å². The monoisotopic (exact) mass is 282 g/mol. The predicted molar refractivity (Wildman–Crippen MR) is 75.4 cm³/mol. The number of aromatic hydroxyl groups is 1. The average molecular weight is 283 g/mol. The predicted octanol–water partition coefficient (Wildman–Crippen LogP) is 2.29. The Bertz CT molecular complexity index is 459. The molecule has 104 valence electrons. The molecule has 0 aromatic heterocycles. The number of nitrogens with one attached hydrogen (secondary N) is 1. The number of amides is 1. The highest BCUT2D eigenvalue weighted by atomic mass is 35.5. The van der Waals surface area contributed by atoms with Crippen LogP contribution in [0.3, 0.4) is 0 Å². The summed E-state index contributed by atoms with van der Waals surface area (Å²) < 4.78 is 0. The van der Waals surface area contributed by atoms with E-state index in [0.717, 1.165) is 12.8 Å². The molecule has 1 aliphatic carbocycles. The molecule has 19 heavy (non-hydrogen) atoms. The number of hydrogen-bond acceptors (Lipinski definition) is 3. The molecule has 1 amide bonds. The molecule has 1 aliphatic rings. The van der Waals surface area contributed by atoms with Crippen molar-refractivity contribution >= 4 is 17.5 Å². The van der Waals surface area contributed by atoms with Crippen LogP contribution in [0.25, 0.3) is 0 Å². The Hall–Kier alpha value is -1.26. The highest BCUT2D eigenvalue weighted by molar-refractivity contribution is 6.31. The second-order valence-electron chi connectivity index (χ2n) is 5.02. The summed E-state index contributed by atoms with van der Waals surface area (Å²) in [6.45, 7) is 0.414. The SMILES string of the molecule is NCC(NC(=O)c1cc(Cl)ccc1O)C1CCCC1. The van der Waals surface area contributed by atoms with Gasteiger partial charge in [0.25, 0.3) is 5.91 Å². The van der Waals surface area contributed by atoms with E-state index >= 15 is 0 Å². The topological polar surface area (TPSA) is 75.3 Å². The van der Waals surface area contributed by atoms with Crippen molar-refractivity contribution in [2.24, 2.45) is 11.7 Å². The van der Waals surface area contributed by atoms with Crippen LogP contribution >= 0.6 is 11.6 Å². The lowest BCUT2D eigenvalue weighted by molar-refractivity contribution is 0.0921. The number of phenols is 1. The smallest absolute Gasteiger partial charge is 0.255 e. The second-order valence-corrected chi connectivity index (χ2v) is 5.46. The van der Waals surface area contributed by atoms with E-state index in [1.807, 2.05) is 0 Å². The lowest BCUT2D eigenvalue weighted by Gasteiger charge is -2.23. The molecular weight excluding hydrogens is 264 g/mol. The first-order chi connectivity index (χ1) is 9.11. The van der Waals surface area contributed by atoms with Gasteiger partial charge in [-0.15, -0.1) is 0 Å². The fourth-order valence-corrected chi connectivity index (χ4v) is 2.84. The Morgan fingerprint density at radius 3 is 2.79 bits per heavy atom. The van der Waals surface area contributed by atoms with Crippen LogP contribution in [0, 0.1) is 5.92 Å². The summed E-state index contributed by atoms with van der Waals surface area (Å²) in [5.41, 5.74) is 5.94. The van der Waals surface area contributed by atoms with Gasteiger partial charge < -0.3 is 16.2 Å². The molecule has 0 aliphatic heterocycles. The first kappa shape index (κ1) is 14.2. The fraction of sp³-hybridized carbons (Fsp3) is 0.500. The first-order valence-corrected chi connectivity index (χ1v) is 6.99. The summed E-state index contributed by atoms with van der Waals surface area (Å²) in [4.78, 5) is 12.2. The zero-order valence-corrected chi connectivity index (χ0v) is 11.5. The summed E-state index contributed by atoms with van der Waals surface area (Å²) >= 11 is 5.84. The molecule has 4 nitrogen and oxygen atoms in total. The highest BCUT2D eigenvalue weighted by Gasteiger charge is 2.26. The minimum Gasteiger partial charge on any atom is -0.507 e. The molecule has 0 spiro atoms. The minimum absolute atomic E-state index is 0.0339. The molecule has 1 fully saturated rings. The first-order valence-electron chi connectivity index (χ1n) is 6.61. The molecule has 2 rings (SSSR count). The zero-order chi connectivity index (χ0) is 13.8. The Kier molecular flexibility index (Phi) is 4.66. The van der Waals surface area contributed by atoms with Gasteiger partial charge in [-0.1, -0.05) is 24.4 Å². The molecule has 0 heterocycles. The van der Waals surface area contributed by atoms with E-state index in [1.54, 1.807) is 6.07 Å². The maximum Gasteiger partial charge on any atom is 0.255 e. The van der Waals surface area contributed by atoms with Gasteiger partial charge >= 0.3 is 0 Å². The summed E-state index contributed by atoms with van der Waals surface area (Å²) in [5.74, 6) is 0.0571. The molecule has 1 aromatic carbocycles. The van der Waals surface area contributed by atoms with E-state index in [1.165, 1.54) is 25.0 Å². The van der Waals surface area contributed by atoms with Crippen molar-refractivity contribution in [2.45, 2.75) is 31.7 Å². The molecule has 1 unspecified atom stereocenters. The number of halogens is 1. The molecule has 0 bridgehead atoms. The van der Waals surface area contributed by atoms with E-state index in [4.69, 9.17) is 17.3 Å². The summed E-state index contributed by atoms with van der Waals surface area (Å²) in [6.07, 6.45) is 4.59. The standard InChI is InChI=1S/C14H19ClN2O2/c15-10-5-6-13(18)11(7-10)14(19)17-12(8-16)9-3-1-2-4-9/h5-7,9,12,18H,1-4,8,16H2,(H,17,19). The number of hydrogen-bond donors (Lipinski definition) is 3. The van der Waals surface area contributed by atoms with E-state index in [0.29, 0.717) is 17.5 Å². The van der Waals surface area contributed by atoms with Crippen molar-refractivity contribution in [2.75, 3.05) is 6.54 Å². The van der Waals surface area contributed by atoms with Gasteiger partial charge in [-0.05, 0) is 37.0 Å². The number of phenolic OH excluding ortho intramolecular Hbond substituents is 1. The van der Waals surface area contributed by atoms with Gasteiger partial charge in [0.1, 0.15) is 5.75 Å². The summed E-state index contributed by atoms with van der Waals surface area (Å²) in [5, 5.41) is 13.0. The lowest BCUT2D eigenvalue weighted by Crippen LogP contribution is -2.44. The fourth-order valence-electron chi connectivity index (χ4n) is 2.67. The Balaban J connectivity index is 2.08. The normalized spacial score (nSPS) is 17.4. The maximum atomic E-state index is 12.2. The van der Waals surface area contributed by atoms with E-state index in [2.05, 4.69) is 5.32 Å². The average Bonchev–Trinajstić information content (AvgIpc) is 2.92. The van der Waals surface area contributed by atoms with Gasteiger partial charge in [0.15, 0.2) is 0 Å². The van der Waals surface area contributed by atoms with E-state index < -0.39 is 0 Å². The van der Waals surface area contributed by atoms with Crippen LogP contribution in [-0.2, 0) is 0 Å². The number of benzene rings is 1. The third kappa shape index (κ3) is 3.39. The van der Waals surface area contributed by atoms with Gasteiger partial charge in [-0.2, -0.15) is 0 Å². The van der Waals surface area contributed by atoms with Gasteiger partial charge in [-0.3, -0.25) is 4.79 Å². The molecular formula is C14H19ClN2O2. The van der Waals surface area contributed by atoms with Crippen molar-refractivity contribution in [1.82, 2.24) is 5.32 Å². The zero-order valence-electron chi connectivity index (χ0n) is 10.7. The van der Waals surface area contributed by atoms with Crippen molar-refractivity contribution < 1.29 is 9.90 Å². The largest absolute Gasteiger partial charge is 0.507 e. The van der Waals surface area contributed by atoms with Gasteiger partial charge in [0, 0.05) is 17.6 Å². The quantitative estimate of drug-likeness (QED) is 0.793. The van der Waals surface area contributed by atoms with Crippen molar-refractivity contribution in [3.05, 3.63) is 28.8 Å². The highest BCUT2D eigenvalue weighted by Crippen LogP contribution is 2.28. The van der Waals surface area contributed by atoms with Crippen LogP contribution < -0.4 is 11.1 Å². The van der Waals surface area contributed by atoms with Gasteiger partial charge in [0.05, 0.1) is 5.56 Å². The molecule has 0 radical (unpaired) electrons. The number of carbonyl (C=O) groups is 1. The third-order valence-corrected chi connectivity index (χ3v) is 3.98. The number of rotatable bonds is 4. The van der Waals surface area contributed by atoms with Crippen molar-refractivity contribution in [3.63, 3.8) is 0 Å². The van der Waals surface area contributed by atoms with E-state index in [9.17, 15) is 9.90 Å². The molecule has 1 aromatic rings. The Morgan fingerprint density at radius 2 is 2.16 bits per heavy atom. The van der Waals surface area contributed by atoms with Gasteiger partial charge in [0.2, 0.25) is 0 Å². The summed E-state index contributed by atoms with van der Waals surface area (Å²) in [7, 11) is 0. The second kappa shape index (κ2) is 6.26. The molecule has 4 N–H and O–H groups in total. The Labute approximate surface area is 117 Å². The maximum absolute atomic E-state index is 12.2. The van der Waals surface area contributed by atoms with Crippen molar-refractivity contribution in [3.8, 4) is 5.75 Å². The van der Waals surface area contributed by atoms with Crippen LogP contribution in [0.5, 0.6) is 5.75 Å².